The van der Waals surface area contributed by atoms with Crippen LogP contribution in [0, 0.1) is 0 Å². The van der Waals surface area contributed by atoms with Crippen LogP contribution in [0.15, 0.2) is 17.5 Å². The van der Waals surface area contributed by atoms with Crippen LogP contribution >= 0.6 is 11.3 Å². The molecular weight excluding hydrogens is 244 g/mol. The summed E-state index contributed by atoms with van der Waals surface area (Å²) < 4.78 is 0. The minimum atomic E-state index is 0.271. The van der Waals surface area contributed by atoms with Crippen molar-refractivity contribution in [3.63, 3.8) is 0 Å². The minimum Gasteiger partial charge on any atom is -0.341 e. The van der Waals surface area contributed by atoms with Crippen LogP contribution in [-0.2, 0) is 11.2 Å². The number of carbonyl (C=O) groups is 1. The number of nitrogens with zero attached hydrogens (tertiary/aromatic N) is 1. The van der Waals surface area contributed by atoms with E-state index in [0.29, 0.717) is 12.5 Å². The van der Waals surface area contributed by atoms with E-state index in [2.05, 4.69) is 12.2 Å². The molecule has 1 saturated heterocycles. The molecule has 1 amide bonds. The van der Waals surface area contributed by atoms with Crippen molar-refractivity contribution < 1.29 is 4.79 Å². The molecular formula is C14H22N2OS. The van der Waals surface area contributed by atoms with Crippen molar-refractivity contribution in [2.45, 2.75) is 38.6 Å². The standard InChI is InChI=1S/C14H22N2OS/c1-2-8-16(11-12-5-3-7-15-12)14(17)10-13-6-4-9-18-13/h4,6,9,12,15H,2-3,5,7-8,10-11H2,1H3. The van der Waals surface area contributed by atoms with Gasteiger partial charge < -0.3 is 10.2 Å². The molecule has 4 heteroatoms. The van der Waals surface area contributed by atoms with Gasteiger partial charge in [0.1, 0.15) is 0 Å². The zero-order valence-electron chi connectivity index (χ0n) is 11.0. The molecule has 1 aromatic heterocycles. The van der Waals surface area contributed by atoms with Gasteiger partial charge in [0, 0.05) is 24.0 Å². The van der Waals surface area contributed by atoms with Crippen LogP contribution in [-0.4, -0.2) is 36.5 Å². The van der Waals surface area contributed by atoms with Crippen LogP contribution in [0.5, 0.6) is 0 Å². The van der Waals surface area contributed by atoms with Crippen LogP contribution < -0.4 is 5.32 Å². The number of rotatable bonds is 6. The fourth-order valence-corrected chi connectivity index (χ4v) is 3.14. The highest BCUT2D eigenvalue weighted by molar-refractivity contribution is 7.10. The summed E-state index contributed by atoms with van der Waals surface area (Å²) in [5.41, 5.74) is 0. The van der Waals surface area contributed by atoms with Gasteiger partial charge in [-0.3, -0.25) is 4.79 Å². The van der Waals surface area contributed by atoms with E-state index in [1.807, 2.05) is 22.4 Å². The van der Waals surface area contributed by atoms with Gasteiger partial charge in [0.05, 0.1) is 6.42 Å². The Morgan fingerprint density at radius 2 is 2.50 bits per heavy atom. The Hall–Kier alpha value is -0.870. The van der Waals surface area contributed by atoms with Gasteiger partial charge >= 0.3 is 0 Å². The molecule has 0 aromatic carbocycles. The Labute approximate surface area is 113 Å². The minimum absolute atomic E-state index is 0.271. The number of hydrogen-bond donors (Lipinski definition) is 1. The van der Waals surface area contributed by atoms with Gasteiger partial charge in [0.25, 0.3) is 0 Å². The van der Waals surface area contributed by atoms with Crippen molar-refractivity contribution in [1.29, 1.82) is 0 Å². The molecule has 2 heterocycles. The molecule has 100 valence electrons. The largest absolute Gasteiger partial charge is 0.341 e. The van der Waals surface area contributed by atoms with Gasteiger partial charge in [-0.2, -0.15) is 0 Å². The molecule has 1 aromatic rings. The molecule has 3 nitrogen and oxygen atoms in total. The van der Waals surface area contributed by atoms with Crippen LogP contribution in [0.25, 0.3) is 0 Å². The molecule has 0 spiro atoms. The Morgan fingerprint density at radius 3 is 3.11 bits per heavy atom. The van der Waals surface area contributed by atoms with Gasteiger partial charge in [0.15, 0.2) is 0 Å². The van der Waals surface area contributed by atoms with E-state index in [-0.39, 0.29) is 5.91 Å². The maximum Gasteiger partial charge on any atom is 0.227 e. The maximum atomic E-state index is 12.3. The summed E-state index contributed by atoms with van der Waals surface area (Å²) in [6.45, 7) is 4.98. The molecule has 1 aliphatic heterocycles. The number of amides is 1. The molecule has 2 rings (SSSR count). The number of hydrogen-bond acceptors (Lipinski definition) is 3. The molecule has 0 bridgehead atoms. The van der Waals surface area contributed by atoms with Crippen LogP contribution in [0.1, 0.15) is 31.1 Å². The third-order valence-electron chi connectivity index (χ3n) is 3.35. The molecule has 1 aliphatic rings. The average Bonchev–Trinajstić information content (AvgIpc) is 3.01. The lowest BCUT2D eigenvalue weighted by Gasteiger charge is -2.25. The topological polar surface area (TPSA) is 32.3 Å². The fraction of sp³-hybridized carbons (Fsp3) is 0.643. The van der Waals surface area contributed by atoms with E-state index in [4.69, 9.17) is 0 Å². The summed E-state index contributed by atoms with van der Waals surface area (Å²) in [5.74, 6) is 0.271. The zero-order chi connectivity index (χ0) is 12.8. The third-order valence-corrected chi connectivity index (χ3v) is 4.23. The molecule has 1 atom stereocenters. The second-order valence-corrected chi connectivity index (χ2v) is 5.92. The predicted molar refractivity (Wildman–Crippen MR) is 75.9 cm³/mol. The van der Waals surface area contributed by atoms with Gasteiger partial charge in [-0.1, -0.05) is 13.0 Å². The summed E-state index contributed by atoms with van der Waals surface area (Å²) in [4.78, 5) is 15.5. The summed E-state index contributed by atoms with van der Waals surface area (Å²) in [6.07, 6.45) is 4.03. The van der Waals surface area contributed by atoms with Crippen LogP contribution in [0.4, 0.5) is 0 Å². The van der Waals surface area contributed by atoms with Crippen LogP contribution in [0.2, 0.25) is 0 Å². The fourth-order valence-electron chi connectivity index (χ4n) is 2.44. The molecule has 18 heavy (non-hydrogen) atoms. The smallest absolute Gasteiger partial charge is 0.227 e. The monoisotopic (exact) mass is 266 g/mol. The average molecular weight is 266 g/mol. The SMILES string of the molecule is CCCN(CC1CCCN1)C(=O)Cc1cccs1. The normalized spacial score (nSPS) is 19.1. The highest BCUT2D eigenvalue weighted by atomic mass is 32.1. The van der Waals surface area contributed by atoms with Crippen molar-refractivity contribution >= 4 is 17.2 Å². The number of thiophene rings is 1. The second kappa shape index (κ2) is 6.90. The Bertz CT molecular complexity index is 358. The summed E-state index contributed by atoms with van der Waals surface area (Å²) >= 11 is 1.67. The first-order valence-electron chi connectivity index (χ1n) is 6.83. The van der Waals surface area contributed by atoms with Crippen molar-refractivity contribution in [3.05, 3.63) is 22.4 Å². The zero-order valence-corrected chi connectivity index (χ0v) is 11.8. The number of nitrogens with one attached hydrogen (secondary N) is 1. The lowest BCUT2D eigenvalue weighted by Crippen LogP contribution is -2.42. The Balaban J connectivity index is 1.88. The molecule has 0 aliphatic carbocycles. The van der Waals surface area contributed by atoms with Crippen molar-refractivity contribution in [3.8, 4) is 0 Å². The number of carbonyl (C=O) groups excluding carboxylic acids is 1. The summed E-state index contributed by atoms with van der Waals surface area (Å²) in [7, 11) is 0. The quantitative estimate of drug-likeness (QED) is 0.857. The highest BCUT2D eigenvalue weighted by Gasteiger charge is 2.21. The predicted octanol–water partition coefficient (Wildman–Crippen LogP) is 2.28. The first-order chi connectivity index (χ1) is 8.79. The van der Waals surface area contributed by atoms with Gasteiger partial charge in [-0.05, 0) is 37.3 Å². The summed E-state index contributed by atoms with van der Waals surface area (Å²) in [6, 6.07) is 4.56. The van der Waals surface area contributed by atoms with Crippen molar-refractivity contribution in [2.24, 2.45) is 0 Å². The first kappa shape index (κ1) is 13.6. The molecule has 1 fully saturated rings. The first-order valence-corrected chi connectivity index (χ1v) is 7.71. The van der Waals surface area contributed by atoms with Gasteiger partial charge in [0.2, 0.25) is 5.91 Å². The van der Waals surface area contributed by atoms with E-state index < -0.39 is 0 Å². The molecule has 0 radical (unpaired) electrons. The van der Waals surface area contributed by atoms with E-state index in [9.17, 15) is 4.79 Å². The van der Waals surface area contributed by atoms with E-state index in [1.165, 1.54) is 17.7 Å². The van der Waals surface area contributed by atoms with Crippen molar-refractivity contribution in [2.75, 3.05) is 19.6 Å². The molecule has 1 N–H and O–H groups in total. The lowest BCUT2D eigenvalue weighted by atomic mass is 10.2. The third kappa shape index (κ3) is 3.82. The van der Waals surface area contributed by atoms with Gasteiger partial charge in [-0.25, -0.2) is 0 Å². The Morgan fingerprint density at radius 1 is 1.61 bits per heavy atom. The molecule has 1 unspecified atom stereocenters. The van der Waals surface area contributed by atoms with Crippen molar-refractivity contribution in [1.82, 2.24) is 10.2 Å². The van der Waals surface area contributed by atoms with E-state index in [0.717, 1.165) is 26.1 Å². The van der Waals surface area contributed by atoms with Gasteiger partial charge in [-0.15, -0.1) is 11.3 Å². The Kier molecular flexibility index (Phi) is 5.20. The van der Waals surface area contributed by atoms with E-state index in [1.54, 1.807) is 11.3 Å². The second-order valence-electron chi connectivity index (χ2n) is 4.89. The van der Waals surface area contributed by atoms with E-state index >= 15 is 0 Å². The lowest BCUT2D eigenvalue weighted by molar-refractivity contribution is -0.130. The molecule has 0 saturated carbocycles. The van der Waals surface area contributed by atoms with Crippen LogP contribution in [0.3, 0.4) is 0 Å². The maximum absolute atomic E-state index is 12.3. The highest BCUT2D eigenvalue weighted by Crippen LogP contribution is 2.13. The summed E-state index contributed by atoms with van der Waals surface area (Å²) in [5, 5.41) is 5.50.